The second-order valence-corrected chi connectivity index (χ2v) is 7.73. The number of methoxy groups -OCH3 is 1. The Morgan fingerprint density at radius 2 is 2.05 bits per heavy atom. The molecule has 2 saturated heterocycles. The number of rotatable bonds is 5. The summed E-state index contributed by atoms with van der Waals surface area (Å²) < 4.78 is 32.4. The molecule has 21 heavy (non-hydrogen) atoms. The Kier molecular flexibility index (Phi) is 5.59. The van der Waals surface area contributed by atoms with Crippen molar-refractivity contribution in [3.05, 3.63) is 0 Å². The third-order valence-corrected chi connectivity index (χ3v) is 6.33. The van der Waals surface area contributed by atoms with Gasteiger partial charge in [0.1, 0.15) is 0 Å². The number of esters is 1. The molecule has 0 saturated carbocycles. The fourth-order valence-electron chi connectivity index (χ4n) is 3.00. The first-order valence-electron chi connectivity index (χ1n) is 7.47. The molecule has 0 aromatic rings. The molecule has 0 bridgehead atoms. The highest BCUT2D eigenvalue weighted by molar-refractivity contribution is 7.86. The van der Waals surface area contributed by atoms with Crippen molar-refractivity contribution in [3.8, 4) is 0 Å². The van der Waals surface area contributed by atoms with E-state index in [2.05, 4.69) is 9.64 Å². The molecule has 1 atom stereocenters. The van der Waals surface area contributed by atoms with Crippen LogP contribution in [0.25, 0.3) is 0 Å². The van der Waals surface area contributed by atoms with E-state index in [0.717, 1.165) is 19.5 Å². The van der Waals surface area contributed by atoms with Crippen LogP contribution in [0, 0.1) is 0 Å². The lowest BCUT2D eigenvalue weighted by molar-refractivity contribution is -0.140. The molecule has 0 aromatic carbocycles. The van der Waals surface area contributed by atoms with Crippen LogP contribution in [0.3, 0.4) is 0 Å². The van der Waals surface area contributed by atoms with Crippen LogP contribution in [0.5, 0.6) is 0 Å². The molecule has 122 valence electrons. The lowest BCUT2D eigenvalue weighted by atomic mass is 10.0. The molecule has 2 heterocycles. The second kappa shape index (κ2) is 7.04. The van der Waals surface area contributed by atoms with Gasteiger partial charge < -0.3 is 4.74 Å². The standard InChI is InChI=1S/C13H25N3O4S/c1-14(8-6-13(17)20-2)21(18,19)16-10-9-15-7-4-3-5-12(15)11-16/h12H,3-11H2,1-2H3. The van der Waals surface area contributed by atoms with E-state index in [4.69, 9.17) is 0 Å². The first-order valence-corrected chi connectivity index (χ1v) is 8.87. The summed E-state index contributed by atoms with van der Waals surface area (Å²) in [4.78, 5) is 13.5. The van der Waals surface area contributed by atoms with Crippen LogP contribution in [0.4, 0.5) is 0 Å². The molecule has 1 unspecified atom stereocenters. The van der Waals surface area contributed by atoms with E-state index in [1.165, 1.54) is 31.3 Å². The third kappa shape index (κ3) is 3.94. The first kappa shape index (κ1) is 16.7. The summed E-state index contributed by atoms with van der Waals surface area (Å²) in [6, 6.07) is 0.344. The van der Waals surface area contributed by atoms with Crippen LogP contribution in [0.15, 0.2) is 0 Å². The average molecular weight is 319 g/mol. The smallest absolute Gasteiger partial charge is 0.306 e. The van der Waals surface area contributed by atoms with Crippen LogP contribution in [-0.2, 0) is 19.7 Å². The Morgan fingerprint density at radius 1 is 1.29 bits per heavy atom. The predicted octanol–water partition coefficient (Wildman–Crippen LogP) is -0.104. The van der Waals surface area contributed by atoms with Crippen LogP contribution in [-0.4, -0.2) is 80.8 Å². The zero-order chi connectivity index (χ0) is 15.5. The van der Waals surface area contributed by atoms with Crippen molar-refractivity contribution in [2.45, 2.75) is 31.7 Å². The number of hydrogen-bond donors (Lipinski definition) is 0. The van der Waals surface area contributed by atoms with E-state index >= 15 is 0 Å². The van der Waals surface area contributed by atoms with Gasteiger partial charge in [-0.15, -0.1) is 0 Å². The number of ether oxygens (including phenoxy) is 1. The van der Waals surface area contributed by atoms with Gasteiger partial charge in [0.15, 0.2) is 0 Å². The number of fused-ring (bicyclic) bond motifs is 1. The van der Waals surface area contributed by atoms with Crippen molar-refractivity contribution >= 4 is 16.2 Å². The lowest BCUT2D eigenvalue weighted by Crippen LogP contribution is -2.58. The summed E-state index contributed by atoms with van der Waals surface area (Å²) in [6.45, 7) is 3.12. The van der Waals surface area contributed by atoms with Crippen molar-refractivity contribution in [1.82, 2.24) is 13.5 Å². The maximum absolute atomic E-state index is 12.5. The number of carbonyl (C=O) groups excluding carboxylic acids is 1. The van der Waals surface area contributed by atoms with Gasteiger partial charge in [-0.2, -0.15) is 17.0 Å². The quantitative estimate of drug-likeness (QED) is 0.662. The minimum absolute atomic E-state index is 0.0790. The topological polar surface area (TPSA) is 70.2 Å². The van der Waals surface area contributed by atoms with Crippen molar-refractivity contribution in [1.29, 1.82) is 0 Å². The molecule has 7 nitrogen and oxygen atoms in total. The Balaban J connectivity index is 1.94. The van der Waals surface area contributed by atoms with Crippen LogP contribution in [0.2, 0.25) is 0 Å². The summed E-state index contributed by atoms with van der Waals surface area (Å²) in [5.41, 5.74) is 0. The number of carbonyl (C=O) groups is 1. The van der Waals surface area contributed by atoms with Crippen LogP contribution in [0.1, 0.15) is 25.7 Å². The maximum Gasteiger partial charge on any atom is 0.306 e. The van der Waals surface area contributed by atoms with Crippen LogP contribution >= 0.6 is 0 Å². The highest BCUT2D eigenvalue weighted by Crippen LogP contribution is 2.23. The number of hydrogen-bond acceptors (Lipinski definition) is 5. The van der Waals surface area contributed by atoms with Crippen molar-refractivity contribution in [2.24, 2.45) is 0 Å². The summed E-state index contributed by atoms with van der Waals surface area (Å²) in [7, 11) is -0.660. The van der Waals surface area contributed by atoms with Gasteiger partial charge in [-0.3, -0.25) is 9.69 Å². The van der Waals surface area contributed by atoms with E-state index < -0.39 is 16.2 Å². The predicted molar refractivity (Wildman–Crippen MR) is 79.0 cm³/mol. The molecule has 2 aliphatic rings. The highest BCUT2D eigenvalue weighted by Gasteiger charge is 2.36. The molecular weight excluding hydrogens is 294 g/mol. The molecule has 8 heteroatoms. The maximum atomic E-state index is 12.5. The molecular formula is C13H25N3O4S. The van der Waals surface area contributed by atoms with E-state index in [1.54, 1.807) is 4.31 Å². The van der Waals surface area contributed by atoms with Gasteiger partial charge in [-0.25, -0.2) is 0 Å². The summed E-state index contributed by atoms with van der Waals surface area (Å²) in [5.74, 6) is -0.394. The van der Waals surface area contributed by atoms with E-state index in [-0.39, 0.29) is 13.0 Å². The van der Waals surface area contributed by atoms with Crippen molar-refractivity contribution in [2.75, 3.05) is 46.9 Å². The van der Waals surface area contributed by atoms with Gasteiger partial charge in [0, 0.05) is 39.3 Å². The van der Waals surface area contributed by atoms with E-state index in [9.17, 15) is 13.2 Å². The Labute approximate surface area is 127 Å². The van der Waals surface area contributed by atoms with E-state index in [0.29, 0.717) is 19.1 Å². The Bertz CT molecular complexity index is 468. The number of piperidine rings is 1. The molecule has 0 amide bonds. The number of piperazine rings is 1. The zero-order valence-corrected chi connectivity index (χ0v) is 13.6. The summed E-state index contributed by atoms with van der Waals surface area (Å²) in [6.07, 6.45) is 3.53. The summed E-state index contributed by atoms with van der Waals surface area (Å²) in [5, 5.41) is 0. The zero-order valence-electron chi connectivity index (χ0n) is 12.8. The van der Waals surface area contributed by atoms with Gasteiger partial charge in [0.25, 0.3) is 10.2 Å². The molecule has 0 N–H and O–H groups in total. The summed E-state index contributed by atoms with van der Waals surface area (Å²) >= 11 is 0. The van der Waals surface area contributed by atoms with Gasteiger partial charge >= 0.3 is 5.97 Å². The second-order valence-electron chi connectivity index (χ2n) is 5.70. The first-order chi connectivity index (χ1) is 9.95. The average Bonchev–Trinajstić information content (AvgIpc) is 2.51. The normalized spacial score (nSPS) is 24.8. The fourth-order valence-corrected chi connectivity index (χ4v) is 4.39. The molecule has 0 aromatic heterocycles. The minimum atomic E-state index is -3.48. The van der Waals surface area contributed by atoms with Crippen molar-refractivity contribution in [3.63, 3.8) is 0 Å². The fraction of sp³-hybridized carbons (Fsp3) is 0.923. The van der Waals surface area contributed by atoms with Gasteiger partial charge in [0.2, 0.25) is 0 Å². The Hall–Kier alpha value is -0.700. The lowest BCUT2D eigenvalue weighted by Gasteiger charge is -2.44. The number of nitrogens with zero attached hydrogens (tertiary/aromatic N) is 3. The highest BCUT2D eigenvalue weighted by atomic mass is 32.2. The van der Waals surface area contributed by atoms with Gasteiger partial charge in [-0.1, -0.05) is 6.42 Å². The molecule has 0 aliphatic carbocycles. The Morgan fingerprint density at radius 3 is 2.76 bits per heavy atom. The molecule has 2 fully saturated rings. The van der Waals surface area contributed by atoms with Crippen LogP contribution < -0.4 is 0 Å². The van der Waals surface area contributed by atoms with Crippen molar-refractivity contribution < 1.29 is 17.9 Å². The van der Waals surface area contributed by atoms with Gasteiger partial charge in [-0.05, 0) is 19.4 Å². The molecule has 0 spiro atoms. The molecule has 2 rings (SSSR count). The molecule has 2 aliphatic heterocycles. The SMILES string of the molecule is COC(=O)CCN(C)S(=O)(=O)N1CCN2CCCCC2C1. The monoisotopic (exact) mass is 319 g/mol. The van der Waals surface area contributed by atoms with Gasteiger partial charge in [0.05, 0.1) is 13.5 Å². The minimum Gasteiger partial charge on any atom is -0.469 e. The third-order valence-electron chi connectivity index (χ3n) is 4.38. The molecule has 0 radical (unpaired) electrons. The van der Waals surface area contributed by atoms with E-state index in [1.807, 2.05) is 0 Å². The largest absolute Gasteiger partial charge is 0.469 e.